The van der Waals surface area contributed by atoms with E-state index < -0.39 is 5.60 Å². The Kier molecular flexibility index (Phi) is 6.35. The van der Waals surface area contributed by atoms with E-state index in [1.807, 2.05) is 24.3 Å². The molecular formula is C34H36N2O2. The van der Waals surface area contributed by atoms with Crippen molar-refractivity contribution in [3.63, 3.8) is 0 Å². The smallest absolute Gasteiger partial charge is 0.340 e. The maximum atomic E-state index is 13.5. The number of nitrogens with one attached hydrogen (secondary N) is 1. The molecule has 0 aliphatic carbocycles. The van der Waals surface area contributed by atoms with Crippen LogP contribution in [-0.2, 0) is 16.9 Å². The molecule has 1 unspecified atom stereocenters. The van der Waals surface area contributed by atoms with Gasteiger partial charge in [-0.15, -0.1) is 0 Å². The van der Waals surface area contributed by atoms with Crippen LogP contribution in [0, 0.1) is 13.8 Å². The van der Waals surface area contributed by atoms with Crippen LogP contribution in [0.25, 0.3) is 21.8 Å². The van der Waals surface area contributed by atoms with Crippen molar-refractivity contribution in [2.75, 3.05) is 0 Å². The zero-order chi connectivity index (χ0) is 26.3. The Morgan fingerprint density at radius 1 is 0.789 bits per heavy atom. The Balaban J connectivity index is 1.59. The van der Waals surface area contributed by atoms with Crippen molar-refractivity contribution in [3.05, 3.63) is 106 Å². The first-order chi connectivity index (χ1) is 18.6. The second-order valence-corrected chi connectivity index (χ2v) is 10.7. The summed E-state index contributed by atoms with van der Waals surface area (Å²) < 4.78 is 9.09. The molecule has 1 N–H and O–H groups in total. The minimum atomic E-state index is -1.03. The van der Waals surface area contributed by atoms with Crippen LogP contribution in [0.2, 0.25) is 0 Å². The first-order valence-corrected chi connectivity index (χ1v) is 14.1. The van der Waals surface area contributed by atoms with Gasteiger partial charge in [0.25, 0.3) is 0 Å². The van der Waals surface area contributed by atoms with E-state index in [0.717, 1.165) is 57.3 Å². The van der Waals surface area contributed by atoms with Crippen molar-refractivity contribution in [2.24, 2.45) is 0 Å². The topological polar surface area (TPSA) is 47.0 Å². The number of esters is 1. The van der Waals surface area contributed by atoms with E-state index in [4.69, 9.17) is 4.74 Å². The van der Waals surface area contributed by atoms with Crippen molar-refractivity contribution >= 4 is 27.8 Å². The monoisotopic (exact) mass is 504 g/mol. The van der Waals surface area contributed by atoms with Crippen LogP contribution in [0.3, 0.4) is 0 Å². The van der Waals surface area contributed by atoms with Crippen LogP contribution in [0.4, 0.5) is 0 Å². The number of benzene rings is 3. The fraction of sp³-hybridized carbons (Fsp3) is 0.324. The SMILES string of the molecule is CCCCCCCCn1c(C)c(C2(c3c(C)[nH]c4ccccc34)OC(=O)c3ccccc32)c2ccccc21. The zero-order valence-electron chi connectivity index (χ0n) is 22.6. The van der Waals surface area contributed by atoms with Crippen LogP contribution in [0.5, 0.6) is 0 Å². The largest absolute Gasteiger partial charge is 0.440 e. The molecule has 0 fully saturated rings. The van der Waals surface area contributed by atoms with Crippen LogP contribution in [-0.4, -0.2) is 15.5 Å². The van der Waals surface area contributed by atoms with Crippen molar-refractivity contribution < 1.29 is 9.53 Å². The molecule has 5 aromatic rings. The summed E-state index contributed by atoms with van der Waals surface area (Å²) in [7, 11) is 0. The number of unbranched alkanes of at least 4 members (excludes halogenated alkanes) is 5. The van der Waals surface area contributed by atoms with Gasteiger partial charge >= 0.3 is 5.97 Å². The van der Waals surface area contributed by atoms with Gasteiger partial charge in [-0.3, -0.25) is 0 Å². The molecule has 3 heterocycles. The van der Waals surface area contributed by atoms with E-state index in [2.05, 4.69) is 78.9 Å². The average Bonchev–Trinajstić information content (AvgIpc) is 3.53. The van der Waals surface area contributed by atoms with E-state index in [1.54, 1.807) is 0 Å². The van der Waals surface area contributed by atoms with Gasteiger partial charge in [-0.1, -0.05) is 93.6 Å². The number of rotatable bonds is 9. The first-order valence-electron chi connectivity index (χ1n) is 14.1. The number of hydrogen-bond acceptors (Lipinski definition) is 2. The first kappa shape index (κ1) is 24.5. The summed E-state index contributed by atoms with van der Waals surface area (Å²) in [4.78, 5) is 17.1. The fourth-order valence-corrected chi connectivity index (χ4v) is 6.66. The summed E-state index contributed by atoms with van der Waals surface area (Å²) in [5.41, 5.74) is 7.05. The van der Waals surface area contributed by atoms with E-state index >= 15 is 0 Å². The van der Waals surface area contributed by atoms with E-state index in [9.17, 15) is 4.79 Å². The summed E-state index contributed by atoms with van der Waals surface area (Å²) in [6.45, 7) is 7.51. The number of ether oxygens (including phenoxy) is 1. The Labute approximate surface area is 224 Å². The molecule has 0 bridgehead atoms. The molecule has 38 heavy (non-hydrogen) atoms. The lowest BCUT2D eigenvalue weighted by atomic mass is 9.77. The third kappa shape index (κ3) is 3.69. The number of fused-ring (bicyclic) bond motifs is 3. The van der Waals surface area contributed by atoms with Gasteiger partial charge in [0.1, 0.15) is 0 Å². The molecule has 0 spiro atoms. The highest BCUT2D eigenvalue weighted by Crippen LogP contribution is 2.53. The van der Waals surface area contributed by atoms with Gasteiger partial charge in [0.2, 0.25) is 0 Å². The van der Waals surface area contributed by atoms with Crippen LogP contribution >= 0.6 is 0 Å². The second-order valence-electron chi connectivity index (χ2n) is 10.7. The number of carbonyl (C=O) groups excluding carboxylic acids is 1. The molecule has 0 radical (unpaired) electrons. The number of aromatic nitrogens is 2. The van der Waals surface area contributed by atoms with E-state index in [0.29, 0.717) is 5.56 Å². The standard InChI is InChI=1S/C34H36N2O2/c1-4-5-6-7-8-15-22-36-24(3)32(27-18-11-14-21-30(27)36)34(28-19-12-9-16-25(28)33(37)38-34)31-23(2)35-29-20-13-10-17-26(29)31/h9-14,16-21,35H,4-8,15,22H2,1-3H3. The Morgan fingerprint density at radius 3 is 2.32 bits per heavy atom. The van der Waals surface area contributed by atoms with Gasteiger partial charge in [0.05, 0.1) is 5.56 Å². The van der Waals surface area contributed by atoms with Crippen molar-refractivity contribution in [1.29, 1.82) is 0 Å². The molecular weight excluding hydrogens is 468 g/mol. The minimum absolute atomic E-state index is 0.266. The molecule has 3 aromatic carbocycles. The maximum absolute atomic E-state index is 13.5. The highest BCUT2D eigenvalue weighted by atomic mass is 16.6. The Morgan fingerprint density at radius 2 is 1.47 bits per heavy atom. The number of cyclic esters (lactones) is 1. The van der Waals surface area contributed by atoms with Crippen LogP contribution in [0.1, 0.15) is 83.9 Å². The summed E-state index contributed by atoms with van der Waals surface area (Å²) in [6.07, 6.45) is 7.53. The lowest BCUT2D eigenvalue weighted by Gasteiger charge is -2.31. The molecule has 194 valence electrons. The van der Waals surface area contributed by atoms with E-state index in [-0.39, 0.29) is 5.97 Å². The molecule has 4 heteroatoms. The molecule has 0 amide bonds. The van der Waals surface area contributed by atoms with Crippen molar-refractivity contribution in [1.82, 2.24) is 9.55 Å². The van der Waals surface area contributed by atoms with Crippen molar-refractivity contribution in [3.8, 4) is 0 Å². The lowest BCUT2D eigenvalue weighted by molar-refractivity contribution is 0.0256. The number of nitrogens with zero attached hydrogens (tertiary/aromatic N) is 1. The fourth-order valence-electron chi connectivity index (χ4n) is 6.66. The maximum Gasteiger partial charge on any atom is 0.340 e. The number of carbonyl (C=O) groups is 1. The van der Waals surface area contributed by atoms with E-state index in [1.165, 1.54) is 37.6 Å². The van der Waals surface area contributed by atoms with Crippen LogP contribution < -0.4 is 0 Å². The molecule has 1 aliphatic heterocycles. The summed E-state index contributed by atoms with van der Waals surface area (Å²) in [5.74, 6) is -0.266. The van der Waals surface area contributed by atoms with Gasteiger partial charge in [0, 0.05) is 56.4 Å². The number of hydrogen-bond donors (Lipinski definition) is 1. The predicted molar refractivity (Wildman–Crippen MR) is 155 cm³/mol. The number of H-pyrrole nitrogens is 1. The second kappa shape index (κ2) is 9.83. The highest BCUT2D eigenvalue weighted by molar-refractivity contribution is 6.01. The summed E-state index contributed by atoms with van der Waals surface area (Å²) in [6, 6.07) is 24.8. The Hall–Kier alpha value is -3.79. The van der Waals surface area contributed by atoms with Gasteiger partial charge in [0.15, 0.2) is 5.60 Å². The van der Waals surface area contributed by atoms with Gasteiger partial charge in [-0.05, 0) is 38.5 Å². The Bertz CT molecular complexity index is 1640. The van der Waals surface area contributed by atoms with Crippen molar-refractivity contribution in [2.45, 2.75) is 71.4 Å². The molecule has 6 rings (SSSR count). The van der Waals surface area contributed by atoms with Gasteiger partial charge in [-0.2, -0.15) is 0 Å². The third-order valence-corrected chi connectivity index (χ3v) is 8.34. The number of aryl methyl sites for hydroxylation is 2. The quantitative estimate of drug-likeness (QED) is 0.161. The highest BCUT2D eigenvalue weighted by Gasteiger charge is 2.52. The zero-order valence-corrected chi connectivity index (χ0v) is 22.6. The molecule has 0 saturated carbocycles. The lowest BCUT2D eigenvalue weighted by Crippen LogP contribution is -2.31. The normalized spacial score (nSPS) is 16.9. The number of para-hydroxylation sites is 2. The van der Waals surface area contributed by atoms with Crippen LogP contribution in [0.15, 0.2) is 72.8 Å². The molecule has 1 atom stereocenters. The molecule has 0 saturated heterocycles. The summed E-state index contributed by atoms with van der Waals surface area (Å²) in [5, 5.41) is 2.23. The van der Waals surface area contributed by atoms with Gasteiger partial charge < -0.3 is 14.3 Å². The molecule has 4 nitrogen and oxygen atoms in total. The summed E-state index contributed by atoms with van der Waals surface area (Å²) >= 11 is 0. The predicted octanol–water partition coefficient (Wildman–Crippen LogP) is 8.56. The molecule has 2 aromatic heterocycles. The van der Waals surface area contributed by atoms with Gasteiger partial charge in [-0.25, -0.2) is 4.79 Å². The molecule has 1 aliphatic rings. The minimum Gasteiger partial charge on any atom is -0.440 e. The number of aromatic amines is 1. The third-order valence-electron chi connectivity index (χ3n) is 8.34. The average molecular weight is 505 g/mol.